The topological polar surface area (TPSA) is 93.8 Å². The molecule has 1 atom stereocenters. The van der Waals surface area contributed by atoms with Crippen molar-refractivity contribution in [2.75, 3.05) is 26.8 Å². The van der Waals surface area contributed by atoms with Gasteiger partial charge in [-0.15, -0.1) is 0 Å². The zero-order chi connectivity index (χ0) is 13.4. The van der Waals surface area contributed by atoms with Crippen LogP contribution in [0.2, 0.25) is 0 Å². The van der Waals surface area contributed by atoms with Crippen molar-refractivity contribution in [3.05, 3.63) is 24.3 Å². The molecular weight excluding hydrogens is 236 g/mol. The number of carbonyl (C=O) groups is 1. The Morgan fingerprint density at radius 2 is 2.00 bits per heavy atom. The number of methoxy groups -OCH3 is 1. The Hall–Kier alpha value is -1.79. The van der Waals surface area contributed by atoms with Crippen molar-refractivity contribution in [2.24, 2.45) is 5.73 Å². The summed E-state index contributed by atoms with van der Waals surface area (Å²) < 4.78 is 10.4. The number of carbonyl (C=O) groups excluding carboxylic acids is 1. The van der Waals surface area contributed by atoms with E-state index in [0.717, 1.165) is 5.75 Å². The van der Waals surface area contributed by atoms with E-state index in [9.17, 15) is 9.90 Å². The molecule has 18 heavy (non-hydrogen) atoms. The quantitative estimate of drug-likeness (QED) is 0.582. The van der Waals surface area contributed by atoms with Gasteiger partial charge in [-0.2, -0.15) is 0 Å². The van der Waals surface area contributed by atoms with Crippen LogP contribution in [0, 0.1) is 0 Å². The van der Waals surface area contributed by atoms with E-state index in [1.54, 1.807) is 31.4 Å². The molecule has 100 valence electrons. The number of aliphatic hydroxyl groups is 1. The molecule has 0 aromatic heterocycles. The molecule has 0 aliphatic heterocycles. The molecule has 0 bridgehead atoms. The fraction of sp³-hybridized carbons (Fsp3) is 0.417. The van der Waals surface area contributed by atoms with Crippen molar-refractivity contribution in [2.45, 2.75) is 6.10 Å². The van der Waals surface area contributed by atoms with Crippen LogP contribution in [0.3, 0.4) is 0 Å². The smallest absolute Gasteiger partial charge is 0.231 e. The highest BCUT2D eigenvalue weighted by Crippen LogP contribution is 2.16. The van der Waals surface area contributed by atoms with Crippen LogP contribution in [0.1, 0.15) is 0 Å². The minimum atomic E-state index is -0.702. The third kappa shape index (κ3) is 5.51. The molecule has 6 nitrogen and oxygen atoms in total. The molecular formula is C12H18N2O4. The number of primary amides is 1. The molecule has 0 spiro atoms. The van der Waals surface area contributed by atoms with Crippen molar-refractivity contribution in [3.8, 4) is 11.5 Å². The number of aliphatic hydroxyl groups excluding tert-OH is 1. The number of hydrogen-bond donors (Lipinski definition) is 3. The number of rotatable bonds is 8. The van der Waals surface area contributed by atoms with Crippen molar-refractivity contribution in [1.82, 2.24) is 5.32 Å². The van der Waals surface area contributed by atoms with Crippen LogP contribution in [-0.4, -0.2) is 43.9 Å². The molecule has 6 heteroatoms. The minimum Gasteiger partial charge on any atom is -0.497 e. The van der Waals surface area contributed by atoms with Crippen molar-refractivity contribution < 1.29 is 19.4 Å². The fourth-order valence-electron chi connectivity index (χ4n) is 1.29. The summed E-state index contributed by atoms with van der Waals surface area (Å²) in [5.41, 5.74) is 4.94. The van der Waals surface area contributed by atoms with Gasteiger partial charge in [-0.1, -0.05) is 0 Å². The Morgan fingerprint density at radius 1 is 1.39 bits per heavy atom. The molecule has 0 heterocycles. The Bertz CT molecular complexity index is 367. The SMILES string of the molecule is COc1ccc(OCC(O)CNCC(N)=O)cc1. The van der Waals surface area contributed by atoms with Gasteiger partial charge in [0, 0.05) is 6.54 Å². The van der Waals surface area contributed by atoms with Crippen LogP contribution in [-0.2, 0) is 4.79 Å². The van der Waals surface area contributed by atoms with Crippen LogP contribution >= 0.6 is 0 Å². The molecule has 1 rings (SSSR count). The first kappa shape index (κ1) is 14.3. The highest BCUT2D eigenvalue weighted by molar-refractivity contribution is 5.75. The Labute approximate surface area is 106 Å². The van der Waals surface area contributed by atoms with Gasteiger partial charge in [0.15, 0.2) is 0 Å². The van der Waals surface area contributed by atoms with Gasteiger partial charge in [0.1, 0.15) is 24.2 Å². The second kappa shape index (κ2) is 7.52. The van der Waals surface area contributed by atoms with E-state index in [1.165, 1.54) is 0 Å². The third-order valence-electron chi connectivity index (χ3n) is 2.18. The van der Waals surface area contributed by atoms with Gasteiger partial charge in [0.25, 0.3) is 0 Å². The minimum absolute atomic E-state index is 0.0413. The van der Waals surface area contributed by atoms with E-state index in [1.807, 2.05) is 0 Å². The lowest BCUT2D eigenvalue weighted by atomic mass is 10.3. The predicted molar refractivity (Wildman–Crippen MR) is 66.6 cm³/mol. The summed E-state index contributed by atoms with van der Waals surface area (Å²) in [6.45, 7) is 0.427. The number of hydrogen-bond acceptors (Lipinski definition) is 5. The second-order valence-electron chi connectivity index (χ2n) is 3.74. The molecule has 0 aliphatic rings. The van der Waals surface area contributed by atoms with Gasteiger partial charge in [-0.25, -0.2) is 0 Å². The standard InChI is InChI=1S/C12H18N2O4/c1-17-10-2-4-11(5-3-10)18-8-9(15)6-14-7-12(13)16/h2-5,9,14-15H,6-8H2,1H3,(H2,13,16). The molecule has 0 radical (unpaired) electrons. The molecule has 1 aromatic rings. The fourth-order valence-corrected chi connectivity index (χ4v) is 1.29. The van der Waals surface area contributed by atoms with Crippen molar-refractivity contribution in [1.29, 1.82) is 0 Å². The summed E-state index contributed by atoms with van der Waals surface area (Å²) in [4.78, 5) is 10.5. The summed E-state index contributed by atoms with van der Waals surface area (Å²) in [5, 5.41) is 12.3. The second-order valence-corrected chi connectivity index (χ2v) is 3.74. The van der Waals surface area contributed by atoms with E-state index >= 15 is 0 Å². The van der Waals surface area contributed by atoms with E-state index in [4.69, 9.17) is 15.2 Å². The van der Waals surface area contributed by atoms with Crippen molar-refractivity contribution >= 4 is 5.91 Å². The lowest BCUT2D eigenvalue weighted by Gasteiger charge is -2.12. The van der Waals surface area contributed by atoms with E-state index < -0.39 is 12.0 Å². The number of nitrogens with two attached hydrogens (primary N) is 1. The molecule has 4 N–H and O–H groups in total. The van der Waals surface area contributed by atoms with Crippen LogP contribution < -0.4 is 20.5 Å². The average Bonchev–Trinajstić information content (AvgIpc) is 2.36. The summed E-state index contributed by atoms with van der Waals surface area (Å²) in [6, 6.07) is 7.05. The molecule has 1 aromatic carbocycles. The monoisotopic (exact) mass is 254 g/mol. The normalized spacial score (nSPS) is 11.9. The first-order valence-corrected chi connectivity index (χ1v) is 5.55. The van der Waals surface area contributed by atoms with Crippen molar-refractivity contribution in [3.63, 3.8) is 0 Å². The summed E-state index contributed by atoms with van der Waals surface area (Å²) in [5.74, 6) is 0.925. The third-order valence-corrected chi connectivity index (χ3v) is 2.18. The van der Waals surface area contributed by atoms with E-state index in [0.29, 0.717) is 5.75 Å². The Balaban J connectivity index is 2.24. The average molecular weight is 254 g/mol. The zero-order valence-electron chi connectivity index (χ0n) is 10.3. The van der Waals surface area contributed by atoms with Crippen LogP contribution in [0.25, 0.3) is 0 Å². The number of nitrogens with one attached hydrogen (secondary N) is 1. The summed E-state index contributed by atoms with van der Waals surface area (Å²) in [7, 11) is 1.59. The first-order valence-electron chi connectivity index (χ1n) is 5.55. The molecule has 0 aliphatic carbocycles. The van der Waals surface area contributed by atoms with Gasteiger partial charge in [-0.3, -0.25) is 4.79 Å². The predicted octanol–water partition coefficient (Wildman–Crippen LogP) is -0.490. The Morgan fingerprint density at radius 3 is 2.56 bits per heavy atom. The van der Waals surface area contributed by atoms with E-state index in [2.05, 4.69) is 5.32 Å². The lowest BCUT2D eigenvalue weighted by molar-refractivity contribution is -0.117. The highest BCUT2D eigenvalue weighted by Gasteiger charge is 2.05. The number of amides is 1. The van der Waals surface area contributed by atoms with Gasteiger partial charge in [0.2, 0.25) is 5.91 Å². The maximum Gasteiger partial charge on any atom is 0.231 e. The molecule has 0 saturated heterocycles. The van der Waals surface area contributed by atoms with E-state index in [-0.39, 0.29) is 19.7 Å². The Kier molecular flexibility index (Phi) is 5.96. The van der Waals surface area contributed by atoms with Gasteiger partial charge >= 0.3 is 0 Å². The lowest BCUT2D eigenvalue weighted by Crippen LogP contribution is -2.36. The molecule has 0 fully saturated rings. The molecule has 1 unspecified atom stereocenters. The largest absolute Gasteiger partial charge is 0.497 e. The van der Waals surface area contributed by atoms with Gasteiger partial charge in [0.05, 0.1) is 13.7 Å². The highest BCUT2D eigenvalue weighted by atomic mass is 16.5. The summed E-state index contributed by atoms with van der Waals surface area (Å²) >= 11 is 0. The number of benzene rings is 1. The maximum atomic E-state index is 10.5. The van der Waals surface area contributed by atoms with Crippen LogP contribution in [0.5, 0.6) is 11.5 Å². The number of ether oxygens (including phenoxy) is 2. The molecule has 0 saturated carbocycles. The summed E-state index contributed by atoms with van der Waals surface area (Å²) in [6.07, 6.45) is -0.702. The van der Waals surface area contributed by atoms with Crippen LogP contribution in [0.15, 0.2) is 24.3 Å². The van der Waals surface area contributed by atoms with Gasteiger partial charge < -0.3 is 25.6 Å². The molecule has 1 amide bonds. The maximum absolute atomic E-state index is 10.5. The first-order chi connectivity index (χ1) is 8.61. The van der Waals surface area contributed by atoms with Crippen LogP contribution in [0.4, 0.5) is 0 Å². The van der Waals surface area contributed by atoms with Gasteiger partial charge in [-0.05, 0) is 24.3 Å². The zero-order valence-corrected chi connectivity index (χ0v) is 10.3.